The fourth-order valence-electron chi connectivity index (χ4n) is 3.74. The Morgan fingerprint density at radius 3 is 2.68 bits per heavy atom. The Balaban J connectivity index is 1.69. The maximum atomic E-state index is 12.1. The predicted octanol–water partition coefficient (Wildman–Crippen LogP) is 5.98. The normalized spacial score (nSPS) is 13.4. The second-order valence-corrected chi connectivity index (χ2v) is 7.67. The Morgan fingerprint density at radius 1 is 1.06 bits per heavy atom. The zero-order valence-electron chi connectivity index (χ0n) is 17.3. The third kappa shape index (κ3) is 4.94. The highest BCUT2D eigenvalue weighted by molar-refractivity contribution is 6.30. The lowest BCUT2D eigenvalue weighted by molar-refractivity contribution is 0.0519. The monoisotopic (exact) mass is 434 g/mol. The Morgan fingerprint density at radius 2 is 1.87 bits per heavy atom. The van der Waals surface area contributed by atoms with Crippen molar-refractivity contribution in [1.29, 1.82) is 0 Å². The lowest BCUT2D eigenvalue weighted by atomic mass is 9.99. The summed E-state index contributed by atoms with van der Waals surface area (Å²) in [5.74, 6) is 0.309. The number of esters is 1. The average Bonchev–Trinajstić information content (AvgIpc) is 3.29. The Bertz CT molecular complexity index is 1110. The van der Waals surface area contributed by atoms with Crippen molar-refractivity contribution in [2.75, 3.05) is 6.61 Å². The van der Waals surface area contributed by atoms with E-state index in [2.05, 4.69) is 9.97 Å². The van der Waals surface area contributed by atoms with Crippen molar-refractivity contribution >= 4 is 28.7 Å². The van der Waals surface area contributed by atoms with Gasteiger partial charge in [0.1, 0.15) is 12.4 Å². The number of nitrogens with zero attached hydrogens (tertiary/aromatic N) is 2. The molecule has 1 heterocycles. The maximum absolute atomic E-state index is 12.1. The molecule has 158 valence electrons. The first-order valence-corrected chi connectivity index (χ1v) is 10.7. The van der Waals surface area contributed by atoms with Gasteiger partial charge in [-0.05, 0) is 61.1 Å². The summed E-state index contributed by atoms with van der Waals surface area (Å²) in [6.07, 6.45) is 5.84. The van der Waals surface area contributed by atoms with Gasteiger partial charge in [-0.1, -0.05) is 41.9 Å². The summed E-state index contributed by atoms with van der Waals surface area (Å²) < 4.78 is 11.2. The van der Waals surface area contributed by atoms with E-state index in [1.807, 2.05) is 48.5 Å². The van der Waals surface area contributed by atoms with Crippen LogP contribution in [0, 0.1) is 0 Å². The molecule has 0 spiro atoms. The highest BCUT2D eigenvalue weighted by Gasteiger charge is 2.23. The minimum Gasteiger partial charge on any atom is -0.488 e. The molecule has 0 saturated carbocycles. The van der Waals surface area contributed by atoms with Crippen LogP contribution in [0.1, 0.15) is 53.5 Å². The standard InChI is InChI=1S/C25H23ClN2O3/c1-2-30-25(29)23-15-27-14-22(28-23)20-10-6-9-19(20)21-13-18(26)11-12-24(21)31-16-17-7-4-3-5-8-17/h3-5,7-8,11-15H,2,6,9-10,16H2,1H3. The summed E-state index contributed by atoms with van der Waals surface area (Å²) in [7, 11) is 0. The molecule has 31 heavy (non-hydrogen) atoms. The molecule has 6 heteroatoms. The minimum atomic E-state index is -0.466. The van der Waals surface area contributed by atoms with Crippen LogP contribution in [-0.4, -0.2) is 22.5 Å². The lowest BCUT2D eigenvalue weighted by Crippen LogP contribution is -2.09. The number of hydrogen-bond donors (Lipinski definition) is 0. The van der Waals surface area contributed by atoms with E-state index in [9.17, 15) is 4.79 Å². The zero-order chi connectivity index (χ0) is 21.6. The van der Waals surface area contributed by atoms with E-state index in [-0.39, 0.29) is 5.69 Å². The first-order chi connectivity index (χ1) is 15.2. The van der Waals surface area contributed by atoms with Crippen LogP contribution in [0.2, 0.25) is 5.02 Å². The molecule has 0 fully saturated rings. The molecule has 0 aliphatic heterocycles. The summed E-state index contributed by atoms with van der Waals surface area (Å²) in [5.41, 5.74) is 5.14. The fraction of sp³-hybridized carbons (Fsp3) is 0.240. The molecule has 0 amide bonds. The van der Waals surface area contributed by atoms with E-state index >= 15 is 0 Å². The van der Waals surface area contributed by atoms with E-state index in [0.29, 0.717) is 23.9 Å². The second-order valence-electron chi connectivity index (χ2n) is 7.24. The smallest absolute Gasteiger partial charge is 0.358 e. The number of halogens is 1. The third-order valence-electron chi connectivity index (χ3n) is 5.15. The molecule has 1 aliphatic carbocycles. The molecule has 1 aliphatic rings. The first kappa shape index (κ1) is 21.1. The van der Waals surface area contributed by atoms with Crippen LogP contribution in [0.25, 0.3) is 11.1 Å². The van der Waals surface area contributed by atoms with Gasteiger partial charge in [0.2, 0.25) is 0 Å². The fourth-order valence-corrected chi connectivity index (χ4v) is 3.91. The molecular formula is C25H23ClN2O3. The van der Waals surface area contributed by atoms with Gasteiger partial charge in [-0.2, -0.15) is 0 Å². The number of hydrogen-bond acceptors (Lipinski definition) is 5. The van der Waals surface area contributed by atoms with Gasteiger partial charge < -0.3 is 9.47 Å². The van der Waals surface area contributed by atoms with Gasteiger partial charge in [-0.25, -0.2) is 9.78 Å². The molecule has 5 nitrogen and oxygen atoms in total. The van der Waals surface area contributed by atoms with Crippen LogP contribution in [0.4, 0.5) is 0 Å². The van der Waals surface area contributed by atoms with E-state index in [0.717, 1.165) is 47.3 Å². The number of aromatic nitrogens is 2. The predicted molar refractivity (Wildman–Crippen MR) is 121 cm³/mol. The van der Waals surface area contributed by atoms with Crippen molar-refractivity contribution in [2.45, 2.75) is 32.8 Å². The zero-order valence-corrected chi connectivity index (χ0v) is 18.1. The molecule has 4 rings (SSSR count). The molecule has 0 bridgehead atoms. The number of ether oxygens (including phenoxy) is 2. The van der Waals surface area contributed by atoms with Gasteiger partial charge in [0.15, 0.2) is 5.69 Å². The van der Waals surface area contributed by atoms with Gasteiger partial charge in [0.05, 0.1) is 24.7 Å². The summed E-state index contributed by atoms with van der Waals surface area (Å²) in [6.45, 7) is 2.53. The average molecular weight is 435 g/mol. The Kier molecular flexibility index (Phi) is 6.63. The number of carbonyl (C=O) groups excluding carboxylic acids is 1. The van der Waals surface area contributed by atoms with Gasteiger partial charge in [-0.3, -0.25) is 4.98 Å². The van der Waals surface area contributed by atoms with Gasteiger partial charge in [-0.15, -0.1) is 0 Å². The number of carbonyl (C=O) groups is 1. The van der Waals surface area contributed by atoms with Crippen molar-refractivity contribution in [3.05, 3.63) is 88.5 Å². The second kappa shape index (κ2) is 9.75. The van der Waals surface area contributed by atoms with Crippen molar-refractivity contribution < 1.29 is 14.3 Å². The van der Waals surface area contributed by atoms with Crippen molar-refractivity contribution in [2.24, 2.45) is 0 Å². The molecule has 0 atom stereocenters. The minimum absolute atomic E-state index is 0.213. The molecule has 3 aromatic rings. The maximum Gasteiger partial charge on any atom is 0.358 e. The van der Waals surface area contributed by atoms with E-state index in [4.69, 9.17) is 21.1 Å². The summed E-state index contributed by atoms with van der Waals surface area (Å²) in [6, 6.07) is 15.7. The SMILES string of the molecule is CCOC(=O)c1cncc(C2=C(c3cc(Cl)ccc3OCc3ccccc3)CCC2)n1. The largest absolute Gasteiger partial charge is 0.488 e. The van der Waals surface area contributed by atoms with Crippen LogP contribution in [0.3, 0.4) is 0 Å². The van der Waals surface area contributed by atoms with Gasteiger partial charge in [0.25, 0.3) is 0 Å². The van der Waals surface area contributed by atoms with E-state index in [1.54, 1.807) is 13.1 Å². The number of benzene rings is 2. The van der Waals surface area contributed by atoms with Crippen molar-refractivity contribution in [1.82, 2.24) is 9.97 Å². The van der Waals surface area contributed by atoms with Crippen LogP contribution in [0.15, 0.2) is 60.9 Å². The summed E-state index contributed by atoms with van der Waals surface area (Å²) in [4.78, 5) is 20.9. The molecular weight excluding hydrogens is 412 g/mol. The van der Waals surface area contributed by atoms with Crippen LogP contribution in [-0.2, 0) is 11.3 Å². The quantitative estimate of drug-likeness (QED) is 0.428. The molecule has 0 saturated heterocycles. The Hall–Kier alpha value is -3.18. The molecule has 2 aromatic carbocycles. The first-order valence-electron chi connectivity index (χ1n) is 10.3. The Labute approximate surface area is 186 Å². The third-order valence-corrected chi connectivity index (χ3v) is 5.39. The van der Waals surface area contributed by atoms with Crippen LogP contribution >= 0.6 is 11.6 Å². The van der Waals surface area contributed by atoms with Crippen LogP contribution < -0.4 is 4.74 Å². The summed E-state index contributed by atoms with van der Waals surface area (Å²) >= 11 is 6.34. The molecule has 0 N–H and O–H groups in total. The van der Waals surface area contributed by atoms with Crippen molar-refractivity contribution in [3.63, 3.8) is 0 Å². The highest BCUT2D eigenvalue weighted by Crippen LogP contribution is 2.43. The summed E-state index contributed by atoms with van der Waals surface area (Å²) in [5, 5.41) is 0.646. The molecule has 1 aromatic heterocycles. The highest BCUT2D eigenvalue weighted by atomic mass is 35.5. The van der Waals surface area contributed by atoms with Gasteiger partial charge in [0, 0.05) is 10.6 Å². The lowest BCUT2D eigenvalue weighted by Gasteiger charge is -2.15. The molecule has 0 unspecified atom stereocenters. The molecule has 0 radical (unpaired) electrons. The van der Waals surface area contributed by atoms with E-state index in [1.165, 1.54) is 6.20 Å². The number of allylic oxidation sites excluding steroid dienone is 2. The van der Waals surface area contributed by atoms with Gasteiger partial charge >= 0.3 is 5.97 Å². The topological polar surface area (TPSA) is 61.3 Å². The van der Waals surface area contributed by atoms with Crippen LogP contribution in [0.5, 0.6) is 5.75 Å². The van der Waals surface area contributed by atoms with E-state index < -0.39 is 5.97 Å². The number of rotatable bonds is 7. The van der Waals surface area contributed by atoms with Crippen molar-refractivity contribution in [3.8, 4) is 5.75 Å².